The molecule has 0 rings (SSSR count). The van der Waals surface area contributed by atoms with Gasteiger partial charge in [-0.05, 0) is 13.3 Å². The summed E-state index contributed by atoms with van der Waals surface area (Å²) in [7, 11) is -4.87. The molecule has 2 atom stereocenters. The standard InChI is InChI=1S/C5H10BrF2O3P/c1-3-4(2)11-12(9,10)5(6,7)8/h4H,3H2,1-2H3,(H,9,10). The van der Waals surface area contributed by atoms with Crippen LogP contribution in [0.5, 0.6) is 0 Å². The molecule has 12 heavy (non-hydrogen) atoms. The van der Waals surface area contributed by atoms with E-state index in [1.165, 1.54) is 6.92 Å². The highest BCUT2D eigenvalue weighted by Gasteiger charge is 2.49. The van der Waals surface area contributed by atoms with Crippen LogP contribution in [0.2, 0.25) is 0 Å². The maximum Gasteiger partial charge on any atom is 0.408 e. The van der Waals surface area contributed by atoms with Crippen molar-refractivity contribution in [3.63, 3.8) is 0 Å². The van der Waals surface area contributed by atoms with Gasteiger partial charge in [-0.15, -0.1) is 0 Å². The van der Waals surface area contributed by atoms with Crippen LogP contribution in [0, 0.1) is 0 Å². The van der Waals surface area contributed by atoms with Gasteiger partial charge in [-0.25, -0.2) is 0 Å². The summed E-state index contributed by atoms with van der Waals surface area (Å²) < 4.78 is 35.7. The van der Waals surface area contributed by atoms with Gasteiger partial charge in [0.2, 0.25) is 0 Å². The Morgan fingerprint density at radius 3 is 2.42 bits per heavy atom. The minimum absolute atomic E-state index is 0.396. The maximum absolute atomic E-state index is 12.3. The van der Waals surface area contributed by atoms with Crippen LogP contribution < -0.4 is 0 Å². The zero-order chi connectivity index (χ0) is 9.99. The molecule has 74 valence electrons. The zero-order valence-electron chi connectivity index (χ0n) is 6.63. The molecule has 0 aromatic heterocycles. The Balaban J connectivity index is 4.34. The molecule has 0 bridgehead atoms. The van der Waals surface area contributed by atoms with Gasteiger partial charge >= 0.3 is 12.2 Å². The number of alkyl halides is 3. The smallest absolute Gasteiger partial charge is 0.319 e. The van der Waals surface area contributed by atoms with Crippen LogP contribution in [0.3, 0.4) is 0 Å². The lowest BCUT2D eigenvalue weighted by Crippen LogP contribution is -2.14. The summed E-state index contributed by atoms with van der Waals surface area (Å²) in [5.74, 6) is 0. The van der Waals surface area contributed by atoms with E-state index >= 15 is 0 Å². The van der Waals surface area contributed by atoms with Crippen molar-refractivity contribution in [2.45, 2.75) is 30.9 Å². The first kappa shape index (κ1) is 12.5. The van der Waals surface area contributed by atoms with Crippen molar-refractivity contribution in [3.05, 3.63) is 0 Å². The van der Waals surface area contributed by atoms with E-state index in [1.54, 1.807) is 22.9 Å². The normalized spacial score (nSPS) is 20.2. The van der Waals surface area contributed by atoms with E-state index in [2.05, 4.69) is 4.52 Å². The largest absolute Gasteiger partial charge is 0.408 e. The second-order valence-electron chi connectivity index (χ2n) is 2.31. The molecule has 0 spiro atoms. The molecular formula is C5H10BrF2O3P. The number of hydrogen-bond acceptors (Lipinski definition) is 2. The molecule has 0 aliphatic heterocycles. The maximum atomic E-state index is 12.3. The van der Waals surface area contributed by atoms with Gasteiger partial charge in [-0.2, -0.15) is 8.78 Å². The molecule has 0 aliphatic rings. The van der Waals surface area contributed by atoms with Crippen LogP contribution in [0.4, 0.5) is 8.78 Å². The summed E-state index contributed by atoms with van der Waals surface area (Å²) in [6.45, 7) is 3.11. The molecule has 0 radical (unpaired) electrons. The summed E-state index contributed by atoms with van der Waals surface area (Å²) in [5, 5.41) is 0. The van der Waals surface area contributed by atoms with Crippen LogP contribution in [0.25, 0.3) is 0 Å². The molecule has 7 heteroatoms. The fourth-order valence-electron chi connectivity index (χ4n) is 0.378. The summed E-state index contributed by atoms with van der Waals surface area (Å²) in [6.07, 6.45) is -0.266. The number of rotatable bonds is 4. The van der Waals surface area contributed by atoms with Crippen LogP contribution in [0.15, 0.2) is 0 Å². The van der Waals surface area contributed by atoms with Gasteiger partial charge in [0.15, 0.2) is 0 Å². The molecular weight excluding hydrogens is 257 g/mol. The Bertz CT molecular complexity index is 194. The van der Waals surface area contributed by atoms with Crippen molar-refractivity contribution in [1.29, 1.82) is 0 Å². The summed E-state index contributed by atoms with van der Waals surface area (Å²) >= 11 is 1.79. The predicted octanol–water partition coefficient (Wildman–Crippen LogP) is 2.93. The third-order valence-corrected chi connectivity index (χ3v) is 3.85. The van der Waals surface area contributed by atoms with Crippen LogP contribution in [-0.2, 0) is 9.09 Å². The average Bonchev–Trinajstić information content (AvgIpc) is 1.84. The SMILES string of the molecule is CCC(C)OP(=O)(O)C(F)(F)Br. The van der Waals surface area contributed by atoms with Gasteiger partial charge in [0, 0.05) is 15.9 Å². The minimum atomic E-state index is -4.87. The molecule has 0 saturated carbocycles. The first-order chi connectivity index (χ1) is 5.20. The molecule has 0 aromatic rings. The van der Waals surface area contributed by atoms with Crippen molar-refractivity contribution < 1.29 is 22.8 Å². The van der Waals surface area contributed by atoms with Crippen molar-refractivity contribution in [1.82, 2.24) is 0 Å². The molecule has 2 unspecified atom stereocenters. The zero-order valence-corrected chi connectivity index (χ0v) is 9.11. The second kappa shape index (κ2) is 4.13. The summed E-state index contributed by atoms with van der Waals surface area (Å²) in [5.41, 5.74) is 0. The molecule has 3 nitrogen and oxygen atoms in total. The van der Waals surface area contributed by atoms with E-state index < -0.39 is 18.3 Å². The summed E-state index contributed by atoms with van der Waals surface area (Å²) in [6, 6.07) is 0. The molecule has 0 amide bonds. The van der Waals surface area contributed by atoms with Gasteiger partial charge in [-0.1, -0.05) is 6.92 Å². The highest BCUT2D eigenvalue weighted by molar-refractivity contribution is 9.11. The Morgan fingerprint density at radius 1 is 1.75 bits per heavy atom. The topological polar surface area (TPSA) is 46.5 Å². The molecule has 1 N–H and O–H groups in total. The fourth-order valence-corrected chi connectivity index (χ4v) is 1.39. The number of hydrogen-bond donors (Lipinski definition) is 1. The van der Waals surface area contributed by atoms with Gasteiger partial charge in [-0.3, -0.25) is 4.57 Å². The van der Waals surface area contributed by atoms with Gasteiger partial charge in [0.25, 0.3) is 0 Å². The monoisotopic (exact) mass is 266 g/mol. The van der Waals surface area contributed by atoms with Gasteiger partial charge in [0.05, 0.1) is 6.10 Å². The second-order valence-corrected chi connectivity index (χ2v) is 5.73. The molecule has 0 fully saturated rings. The van der Waals surface area contributed by atoms with E-state index in [0.717, 1.165) is 0 Å². The van der Waals surface area contributed by atoms with E-state index in [1.807, 2.05) is 0 Å². The van der Waals surface area contributed by atoms with E-state index in [4.69, 9.17) is 4.89 Å². The third kappa shape index (κ3) is 3.47. The molecule has 0 heterocycles. The minimum Gasteiger partial charge on any atom is -0.319 e. The van der Waals surface area contributed by atoms with Crippen LogP contribution in [0.1, 0.15) is 20.3 Å². The average molecular weight is 267 g/mol. The van der Waals surface area contributed by atoms with Crippen molar-refractivity contribution in [3.8, 4) is 0 Å². The first-order valence-corrected chi connectivity index (χ1v) is 5.65. The number of halogens is 3. The lowest BCUT2D eigenvalue weighted by molar-refractivity contribution is 0.109. The molecule has 0 aromatic carbocycles. The Hall–Kier alpha value is 0.490. The molecule has 0 saturated heterocycles. The predicted molar refractivity (Wildman–Crippen MR) is 44.5 cm³/mol. The fraction of sp³-hybridized carbons (Fsp3) is 1.00. The highest BCUT2D eigenvalue weighted by Crippen LogP contribution is 2.61. The van der Waals surface area contributed by atoms with Crippen LogP contribution in [-0.4, -0.2) is 15.6 Å². The van der Waals surface area contributed by atoms with Gasteiger partial charge in [0.1, 0.15) is 0 Å². The van der Waals surface area contributed by atoms with Crippen LogP contribution >= 0.6 is 23.5 Å². The Kier molecular flexibility index (Phi) is 4.30. The lowest BCUT2D eigenvalue weighted by atomic mass is 10.3. The van der Waals surface area contributed by atoms with Crippen molar-refractivity contribution in [2.75, 3.05) is 0 Å². The highest BCUT2D eigenvalue weighted by atomic mass is 79.9. The quantitative estimate of drug-likeness (QED) is 0.629. The van der Waals surface area contributed by atoms with Crippen molar-refractivity contribution >= 4 is 23.5 Å². The van der Waals surface area contributed by atoms with E-state index in [-0.39, 0.29) is 0 Å². The Morgan fingerprint density at radius 2 is 2.17 bits per heavy atom. The third-order valence-electron chi connectivity index (χ3n) is 1.22. The van der Waals surface area contributed by atoms with E-state index in [9.17, 15) is 13.3 Å². The first-order valence-electron chi connectivity index (χ1n) is 3.28. The lowest BCUT2D eigenvalue weighted by Gasteiger charge is -2.19. The van der Waals surface area contributed by atoms with E-state index in [0.29, 0.717) is 6.42 Å². The molecule has 0 aliphatic carbocycles. The van der Waals surface area contributed by atoms with Gasteiger partial charge < -0.3 is 9.42 Å². The van der Waals surface area contributed by atoms with Crippen molar-refractivity contribution in [2.24, 2.45) is 0 Å². The summed E-state index contributed by atoms with van der Waals surface area (Å²) in [4.78, 5) is 8.69. The Labute approximate surface area is 77.8 Å².